The number of nitrogens with zero attached hydrogens (tertiary/aromatic N) is 1. The molecule has 0 aliphatic heterocycles. The summed E-state index contributed by atoms with van der Waals surface area (Å²) in [7, 11) is 0.923. The van der Waals surface area contributed by atoms with E-state index in [-0.39, 0.29) is 31.6 Å². The van der Waals surface area contributed by atoms with Crippen molar-refractivity contribution in [2.45, 2.75) is 34.6 Å². The van der Waals surface area contributed by atoms with Crippen molar-refractivity contribution in [3.63, 3.8) is 0 Å². The molecule has 0 spiro atoms. The third-order valence-electron chi connectivity index (χ3n) is 1.97. The topological polar surface area (TPSA) is 14.1 Å². The van der Waals surface area contributed by atoms with Crippen LogP contribution in [-0.4, -0.2) is 5.80 Å². The zero-order valence-corrected chi connectivity index (χ0v) is 14.0. The van der Waals surface area contributed by atoms with Crippen LogP contribution in [0, 0.1) is 19.3 Å². The Morgan fingerprint density at radius 2 is 1.62 bits per heavy atom. The van der Waals surface area contributed by atoms with E-state index in [0.717, 1.165) is 14.0 Å². The van der Waals surface area contributed by atoms with Gasteiger partial charge in [0, 0.05) is 0 Å². The fourth-order valence-electron chi connectivity index (χ4n) is 1.19. The minimum absolute atomic E-state index is 0. The summed E-state index contributed by atoms with van der Waals surface area (Å²) in [6.45, 7) is 10.6. The van der Waals surface area contributed by atoms with Gasteiger partial charge in [-0.05, 0) is 13.8 Å². The van der Waals surface area contributed by atoms with Crippen molar-refractivity contribution in [1.82, 2.24) is 0 Å². The molecule has 0 heterocycles. The molecule has 0 atom stereocenters. The molecule has 1 aromatic carbocycles. The molecule has 3 heteroatoms. The van der Waals surface area contributed by atoms with Gasteiger partial charge in [-0.15, -0.1) is 5.69 Å². The van der Waals surface area contributed by atoms with Gasteiger partial charge in [-0.25, -0.2) is 0 Å². The molecular weight excluding hydrogens is 292 g/mol. The second-order valence-electron chi connectivity index (χ2n) is 4.80. The molecule has 0 N–H and O–H groups in total. The maximum atomic E-state index is 4.55. The van der Waals surface area contributed by atoms with E-state index in [9.17, 15) is 0 Å². The van der Waals surface area contributed by atoms with Crippen molar-refractivity contribution in [3.8, 4) is 0 Å². The van der Waals surface area contributed by atoms with Gasteiger partial charge in [0.05, 0.1) is 0 Å². The summed E-state index contributed by atoms with van der Waals surface area (Å²) in [5, 5.41) is 4.55. The van der Waals surface area contributed by atoms with Gasteiger partial charge in [0.25, 0.3) is 0 Å². The van der Waals surface area contributed by atoms with E-state index in [1.54, 1.807) is 0 Å². The molecule has 84 valence electrons. The van der Waals surface area contributed by atoms with Gasteiger partial charge in [0.15, 0.2) is 0 Å². The van der Waals surface area contributed by atoms with E-state index >= 15 is 0 Å². The van der Waals surface area contributed by atoms with Gasteiger partial charge in [-0.3, -0.25) is 0 Å². The molecule has 1 rings (SSSR count). The largest absolute Gasteiger partial charge is 2.00 e. The molecule has 0 radical (unpaired) electrons. The number of benzene rings is 1. The Bertz CT molecular complexity index is 346. The minimum atomic E-state index is 0. The normalized spacial score (nSPS) is 11.3. The first kappa shape index (κ1) is 16.1. The molecule has 0 unspecified atom stereocenters. The van der Waals surface area contributed by atoms with E-state index in [1.807, 2.05) is 0 Å². The van der Waals surface area contributed by atoms with Crippen LogP contribution in [0.25, 0.3) is 5.09 Å². The van der Waals surface area contributed by atoms with Crippen LogP contribution in [-0.2, 0) is 26.2 Å². The second-order valence-corrected chi connectivity index (χ2v) is 5.43. The molecule has 0 saturated heterocycles. The molecule has 0 aliphatic rings. The number of aryl methyl sites for hydroxylation is 2. The van der Waals surface area contributed by atoms with Gasteiger partial charge in [0.2, 0.25) is 0 Å². The number of hydrogen-bond acceptors (Lipinski definition) is 0. The summed E-state index contributed by atoms with van der Waals surface area (Å²) >= 11 is 0. The maximum absolute atomic E-state index is 4.55. The summed E-state index contributed by atoms with van der Waals surface area (Å²) in [5.74, 6) is 3.33. The van der Waals surface area contributed by atoms with Crippen LogP contribution in [0.3, 0.4) is 0 Å². The Morgan fingerprint density at radius 3 is 2.06 bits per heavy atom. The van der Waals surface area contributed by atoms with E-state index in [2.05, 4.69) is 63.7 Å². The van der Waals surface area contributed by atoms with Crippen molar-refractivity contribution in [2.75, 3.05) is 0 Å². The first-order valence-corrected chi connectivity index (χ1v) is 5.99. The molecule has 0 fully saturated rings. The molecule has 0 bridgehead atoms. The maximum Gasteiger partial charge on any atom is 2.00 e. The zero-order chi connectivity index (χ0) is 11.5. The van der Waals surface area contributed by atoms with Crippen LogP contribution in [0.4, 0.5) is 5.69 Å². The first-order chi connectivity index (χ1) is 6.90. The molecule has 1 nitrogen and oxygen atoms in total. The zero-order valence-electron chi connectivity index (χ0n) is 10.6. The average molecular weight is 310 g/mol. The Morgan fingerprint density at radius 1 is 1.12 bits per heavy atom. The Kier molecular flexibility index (Phi) is 6.75. The molecule has 16 heavy (non-hydrogen) atoms. The smallest absolute Gasteiger partial charge is 0.667 e. The Hall–Kier alpha value is 0.0731. The Labute approximate surface area is 120 Å². The van der Waals surface area contributed by atoms with Crippen LogP contribution < -0.4 is 0 Å². The Balaban J connectivity index is 0.00000225. The van der Waals surface area contributed by atoms with E-state index in [4.69, 9.17) is 0 Å². The summed E-state index contributed by atoms with van der Waals surface area (Å²) < 4.78 is 0. The molecule has 0 amide bonds. The van der Waals surface area contributed by atoms with Gasteiger partial charge >= 0.3 is 26.2 Å². The summed E-state index contributed by atoms with van der Waals surface area (Å²) in [6, 6.07) is 6.26. The van der Waals surface area contributed by atoms with E-state index in [0.29, 0.717) is 0 Å². The number of rotatable bonds is 2. The molecule has 0 aromatic heterocycles. The summed E-state index contributed by atoms with van der Waals surface area (Å²) in [5.41, 5.74) is 3.69. The van der Waals surface area contributed by atoms with Gasteiger partial charge < -0.3 is 19.2 Å². The molecule has 0 saturated carbocycles. The summed E-state index contributed by atoms with van der Waals surface area (Å²) in [6.07, 6.45) is 0. The predicted molar refractivity (Wildman–Crippen MR) is 70.3 cm³/mol. The van der Waals surface area contributed by atoms with Gasteiger partial charge in [0.1, 0.15) is 0 Å². The van der Waals surface area contributed by atoms with Crippen LogP contribution in [0.1, 0.15) is 31.9 Å². The van der Waals surface area contributed by atoms with Crippen molar-refractivity contribution in [1.29, 1.82) is 0 Å². The first-order valence-electron chi connectivity index (χ1n) is 5.14. The third kappa shape index (κ3) is 5.42. The molecule has 1 aromatic rings. The number of hydrogen-bond donors (Lipinski definition) is 0. The summed E-state index contributed by atoms with van der Waals surface area (Å²) in [4.78, 5) is 0. The fourth-order valence-corrected chi connectivity index (χ4v) is 1.95. The van der Waals surface area contributed by atoms with Crippen LogP contribution in [0.15, 0.2) is 18.2 Å². The van der Waals surface area contributed by atoms with Crippen LogP contribution in [0.5, 0.6) is 0 Å². The SMILES string of the molecule is Cc1cccc(C)c1[N-]P=[C-]C(C)(C)C.[Zr+2]. The van der Waals surface area contributed by atoms with Crippen molar-refractivity contribution < 1.29 is 26.2 Å². The van der Waals surface area contributed by atoms with Crippen LogP contribution in [0.2, 0.25) is 0 Å². The van der Waals surface area contributed by atoms with Crippen molar-refractivity contribution >= 4 is 19.8 Å². The third-order valence-corrected chi connectivity index (χ3v) is 3.05. The minimum Gasteiger partial charge on any atom is -0.667 e. The van der Waals surface area contributed by atoms with Crippen LogP contribution >= 0.6 is 8.35 Å². The quantitative estimate of drug-likeness (QED) is 0.545. The fraction of sp³-hybridized carbons (Fsp3) is 0.462. The predicted octanol–water partition coefficient (Wildman–Crippen LogP) is 4.89. The van der Waals surface area contributed by atoms with E-state index < -0.39 is 0 Å². The van der Waals surface area contributed by atoms with Gasteiger partial charge in [-0.2, -0.15) is 5.41 Å². The molecule has 0 aliphatic carbocycles. The van der Waals surface area contributed by atoms with Crippen molar-refractivity contribution in [2.24, 2.45) is 5.41 Å². The molecular formula is C13H18NPZr. The van der Waals surface area contributed by atoms with E-state index in [1.165, 1.54) is 11.1 Å². The van der Waals surface area contributed by atoms with Crippen molar-refractivity contribution in [3.05, 3.63) is 34.4 Å². The average Bonchev–Trinajstić information content (AvgIpc) is 2.08. The standard InChI is InChI=1S/C13H18NP.Zr/c1-10-7-6-8-11(2)12(10)14-15-9-13(3,4)5;/h6-8H,1-5H3;/q-2;+2. The monoisotopic (exact) mass is 309 g/mol. The second kappa shape index (κ2) is 6.72. The van der Waals surface area contributed by atoms with Gasteiger partial charge in [-0.1, -0.05) is 50.1 Å².